The summed E-state index contributed by atoms with van der Waals surface area (Å²) in [5.74, 6) is 0. The molecule has 1 atom stereocenters. The molecule has 1 saturated heterocycles. The number of aromatic nitrogens is 3. The van der Waals surface area contributed by atoms with E-state index in [0.29, 0.717) is 12.6 Å². The highest BCUT2D eigenvalue weighted by Gasteiger charge is 2.20. The van der Waals surface area contributed by atoms with Crippen molar-refractivity contribution in [3.8, 4) is 0 Å². The van der Waals surface area contributed by atoms with Crippen LogP contribution in [-0.2, 0) is 22.6 Å². The molecule has 6 nitrogen and oxygen atoms in total. The lowest BCUT2D eigenvalue weighted by molar-refractivity contribution is 0.0369. The summed E-state index contributed by atoms with van der Waals surface area (Å²) in [6.45, 7) is 3.81. The van der Waals surface area contributed by atoms with E-state index in [0.717, 1.165) is 38.4 Å². The molecule has 100 valence electrons. The normalized spacial score (nSPS) is 23.7. The summed E-state index contributed by atoms with van der Waals surface area (Å²) in [7, 11) is 0. The lowest BCUT2D eigenvalue weighted by atomic mass is 10.3. The van der Waals surface area contributed by atoms with Crippen molar-refractivity contribution < 1.29 is 9.47 Å². The zero-order valence-corrected chi connectivity index (χ0v) is 10.5. The quantitative estimate of drug-likeness (QED) is 0.758. The Morgan fingerprint density at radius 1 is 1.44 bits per heavy atom. The number of hydrogen-bond donors (Lipinski definition) is 1. The molecule has 0 bridgehead atoms. The van der Waals surface area contributed by atoms with E-state index in [1.54, 1.807) is 0 Å². The molecular formula is C12H20N4O2. The smallest absolute Gasteiger partial charge is 0.0964 e. The lowest BCUT2D eigenvalue weighted by Crippen LogP contribution is -2.16. The SMILES string of the molecule is c1c(CNC2CC2)nnn1CCOC1CCOC1. The van der Waals surface area contributed by atoms with E-state index < -0.39 is 0 Å². The summed E-state index contributed by atoms with van der Waals surface area (Å²) in [4.78, 5) is 0. The summed E-state index contributed by atoms with van der Waals surface area (Å²) >= 11 is 0. The van der Waals surface area contributed by atoms with E-state index in [4.69, 9.17) is 9.47 Å². The van der Waals surface area contributed by atoms with Gasteiger partial charge in [-0.3, -0.25) is 0 Å². The van der Waals surface area contributed by atoms with Crippen molar-refractivity contribution in [2.45, 2.75) is 44.5 Å². The second-order valence-corrected chi connectivity index (χ2v) is 4.98. The molecular weight excluding hydrogens is 232 g/mol. The van der Waals surface area contributed by atoms with Crippen LogP contribution in [0.15, 0.2) is 6.20 Å². The van der Waals surface area contributed by atoms with Crippen LogP contribution in [-0.4, -0.2) is 47.0 Å². The highest BCUT2D eigenvalue weighted by atomic mass is 16.5. The van der Waals surface area contributed by atoms with Gasteiger partial charge in [-0.1, -0.05) is 5.21 Å². The monoisotopic (exact) mass is 252 g/mol. The van der Waals surface area contributed by atoms with Crippen molar-refractivity contribution in [1.29, 1.82) is 0 Å². The Morgan fingerprint density at radius 3 is 3.17 bits per heavy atom. The maximum atomic E-state index is 5.70. The number of rotatable bonds is 7. The van der Waals surface area contributed by atoms with Crippen LogP contribution in [0.5, 0.6) is 0 Å². The molecule has 1 N–H and O–H groups in total. The largest absolute Gasteiger partial charge is 0.379 e. The molecule has 1 aliphatic heterocycles. The third-order valence-electron chi connectivity index (χ3n) is 3.30. The van der Waals surface area contributed by atoms with Gasteiger partial charge < -0.3 is 14.8 Å². The molecule has 1 aromatic rings. The van der Waals surface area contributed by atoms with E-state index in [-0.39, 0.29) is 6.10 Å². The van der Waals surface area contributed by atoms with Crippen molar-refractivity contribution in [3.63, 3.8) is 0 Å². The Bertz CT molecular complexity index is 372. The molecule has 1 unspecified atom stereocenters. The van der Waals surface area contributed by atoms with Gasteiger partial charge in [0.1, 0.15) is 0 Å². The summed E-state index contributed by atoms with van der Waals surface area (Å²) in [6, 6.07) is 0.709. The zero-order valence-electron chi connectivity index (χ0n) is 10.5. The molecule has 3 rings (SSSR count). The number of hydrogen-bond acceptors (Lipinski definition) is 5. The minimum absolute atomic E-state index is 0.268. The van der Waals surface area contributed by atoms with Crippen LogP contribution in [0, 0.1) is 0 Å². The highest BCUT2D eigenvalue weighted by Crippen LogP contribution is 2.18. The molecule has 6 heteroatoms. The molecule has 1 saturated carbocycles. The van der Waals surface area contributed by atoms with E-state index >= 15 is 0 Å². The molecule has 0 radical (unpaired) electrons. The number of ether oxygens (including phenoxy) is 2. The van der Waals surface area contributed by atoms with Crippen LogP contribution in [0.25, 0.3) is 0 Å². The third-order valence-corrected chi connectivity index (χ3v) is 3.30. The first-order valence-corrected chi connectivity index (χ1v) is 6.72. The average Bonchev–Trinajstić information content (AvgIpc) is 2.89. The minimum atomic E-state index is 0.268. The summed E-state index contributed by atoms with van der Waals surface area (Å²) in [5.41, 5.74) is 1.01. The van der Waals surface area contributed by atoms with Gasteiger partial charge in [0, 0.05) is 25.4 Å². The van der Waals surface area contributed by atoms with Gasteiger partial charge in [-0.25, -0.2) is 4.68 Å². The van der Waals surface area contributed by atoms with Gasteiger partial charge in [-0.2, -0.15) is 0 Å². The Hall–Kier alpha value is -0.980. The maximum absolute atomic E-state index is 5.70. The average molecular weight is 252 g/mol. The standard InChI is InChI=1S/C12H20N4O2/c1-2-10(1)13-7-11-8-16(15-14-11)4-6-18-12-3-5-17-9-12/h8,10,12-13H,1-7,9H2. The van der Waals surface area contributed by atoms with Gasteiger partial charge in [0.2, 0.25) is 0 Å². The van der Waals surface area contributed by atoms with Crippen LogP contribution in [0.4, 0.5) is 0 Å². The zero-order chi connectivity index (χ0) is 12.2. The predicted molar refractivity (Wildman–Crippen MR) is 65.1 cm³/mol. The predicted octanol–water partition coefficient (Wildman–Crippen LogP) is 0.336. The summed E-state index contributed by atoms with van der Waals surface area (Å²) in [6.07, 6.45) is 5.86. The van der Waals surface area contributed by atoms with Crippen molar-refractivity contribution in [1.82, 2.24) is 20.3 Å². The Kier molecular flexibility index (Phi) is 3.87. The van der Waals surface area contributed by atoms with Gasteiger partial charge in [-0.05, 0) is 19.3 Å². The molecule has 2 aliphatic rings. The molecule has 0 amide bonds. The van der Waals surface area contributed by atoms with Crippen molar-refractivity contribution >= 4 is 0 Å². The fraction of sp³-hybridized carbons (Fsp3) is 0.833. The fourth-order valence-electron chi connectivity index (χ4n) is 2.02. The summed E-state index contributed by atoms with van der Waals surface area (Å²) in [5, 5.41) is 11.7. The topological polar surface area (TPSA) is 61.2 Å². The Labute approximate surface area is 107 Å². The summed E-state index contributed by atoms with van der Waals surface area (Å²) < 4.78 is 12.8. The molecule has 0 aromatic carbocycles. The second-order valence-electron chi connectivity index (χ2n) is 4.98. The fourth-order valence-corrected chi connectivity index (χ4v) is 2.02. The van der Waals surface area contributed by atoms with Crippen molar-refractivity contribution in [2.75, 3.05) is 19.8 Å². The van der Waals surface area contributed by atoms with Crippen LogP contribution < -0.4 is 5.32 Å². The molecule has 2 heterocycles. The first-order valence-electron chi connectivity index (χ1n) is 6.72. The highest BCUT2D eigenvalue weighted by molar-refractivity contribution is 4.94. The molecule has 18 heavy (non-hydrogen) atoms. The third kappa shape index (κ3) is 3.51. The van der Waals surface area contributed by atoms with E-state index in [2.05, 4.69) is 15.6 Å². The minimum Gasteiger partial charge on any atom is -0.379 e. The number of nitrogens with zero attached hydrogens (tertiary/aromatic N) is 3. The maximum Gasteiger partial charge on any atom is 0.0964 e. The number of nitrogens with one attached hydrogen (secondary N) is 1. The molecule has 0 spiro atoms. The lowest BCUT2D eigenvalue weighted by Gasteiger charge is -2.08. The first kappa shape index (κ1) is 12.1. The van der Waals surface area contributed by atoms with Crippen LogP contribution in [0.3, 0.4) is 0 Å². The van der Waals surface area contributed by atoms with Gasteiger partial charge in [0.15, 0.2) is 0 Å². The van der Waals surface area contributed by atoms with Gasteiger partial charge in [-0.15, -0.1) is 5.10 Å². The molecule has 1 aromatic heterocycles. The van der Waals surface area contributed by atoms with Crippen molar-refractivity contribution in [3.05, 3.63) is 11.9 Å². The molecule has 1 aliphatic carbocycles. The second kappa shape index (κ2) is 5.77. The first-order chi connectivity index (χ1) is 8.90. The van der Waals surface area contributed by atoms with E-state index in [1.165, 1.54) is 12.8 Å². The van der Waals surface area contributed by atoms with E-state index in [1.807, 2.05) is 10.9 Å². The van der Waals surface area contributed by atoms with Gasteiger partial charge >= 0.3 is 0 Å². The van der Waals surface area contributed by atoms with E-state index in [9.17, 15) is 0 Å². The van der Waals surface area contributed by atoms with Crippen LogP contribution in [0.1, 0.15) is 25.0 Å². The van der Waals surface area contributed by atoms with Crippen LogP contribution in [0.2, 0.25) is 0 Å². The van der Waals surface area contributed by atoms with Crippen molar-refractivity contribution in [2.24, 2.45) is 0 Å². The van der Waals surface area contributed by atoms with Crippen LogP contribution >= 0.6 is 0 Å². The Morgan fingerprint density at radius 2 is 2.39 bits per heavy atom. The van der Waals surface area contributed by atoms with Gasteiger partial charge in [0.05, 0.1) is 31.6 Å². The Balaban J connectivity index is 1.36. The van der Waals surface area contributed by atoms with Gasteiger partial charge in [0.25, 0.3) is 0 Å². The molecule has 2 fully saturated rings.